The summed E-state index contributed by atoms with van der Waals surface area (Å²) in [6.07, 6.45) is 6.23. The van der Waals surface area contributed by atoms with E-state index in [0.29, 0.717) is 12.3 Å². The SMILES string of the molecule is CN=C(NCCc1ccc2c(c1)OCO2)NCC1(N2CCSCC2)CCCC1. The lowest BCUT2D eigenvalue weighted by molar-refractivity contribution is 0.107. The quantitative estimate of drug-likeness (QED) is 0.561. The van der Waals surface area contributed by atoms with Gasteiger partial charge in [0.1, 0.15) is 0 Å². The number of guanidine groups is 1. The van der Waals surface area contributed by atoms with Gasteiger partial charge in [0.15, 0.2) is 17.5 Å². The number of hydrogen-bond acceptors (Lipinski definition) is 5. The van der Waals surface area contributed by atoms with Crippen LogP contribution < -0.4 is 20.1 Å². The molecule has 6 nitrogen and oxygen atoms in total. The van der Waals surface area contributed by atoms with E-state index in [1.807, 2.05) is 13.1 Å². The van der Waals surface area contributed by atoms with Gasteiger partial charge in [-0.25, -0.2) is 0 Å². The van der Waals surface area contributed by atoms with Crippen molar-refractivity contribution in [2.24, 2.45) is 4.99 Å². The van der Waals surface area contributed by atoms with Crippen LogP contribution in [0.25, 0.3) is 0 Å². The zero-order chi connectivity index (χ0) is 19.2. The summed E-state index contributed by atoms with van der Waals surface area (Å²) in [5.74, 6) is 5.13. The molecule has 1 saturated heterocycles. The average Bonchev–Trinajstić information content (AvgIpc) is 3.41. The van der Waals surface area contributed by atoms with Crippen LogP contribution in [0.1, 0.15) is 31.2 Å². The molecule has 7 heteroatoms. The van der Waals surface area contributed by atoms with Crippen LogP contribution in [0, 0.1) is 0 Å². The summed E-state index contributed by atoms with van der Waals surface area (Å²) in [5.41, 5.74) is 1.56. The summed E-state index contributed by atoms with van der Waals surface area (Å²) in [5, 5.41) is 7.10. The lowest BCUT2D eigenvalue weighted by atomic mass is 9.94. The van der Waals surface area contributed by atoms with Crippen molar-refractivity contribution >= 4 is 17.7 Å². The van der Waals surface area contributed by atoms with Crippen LogP contribution >= 0.6 is 11.8 Å². The Bertz CT molecular complexity index is 685. The van der Waals surface area contributed by atoms with E-state index in [1.54, 1.807) is 0 Å². The minimum absolute atomic E-state index is 0.315. The van der Waals surface area contributed by atoms with Gasteiger partial charge in [-0.05, 0) is 37.0 Å². The van der Waals surface area contributed by atoms with Crippen LogP contribution in [-0.4, -0.2) is 67.9 Å². The van der Waals surface area contributed by atoms with E-state index < -0.39 is 0 Å². The van der Waals surface area contributed by atoms with E-state index in [4.69, 9.17) is 9.47 Å². The fourth-order valence-corrected chi connectivity index (χ4v) is 5.47. The minimum atomic E-state index is 0.315. The molecule has 1 saturated carbocycles. The van der Waals surface area contributed by atoms with Gasteiger partial charge in [0.05, 0.1) is 0 Å². The van der Waals surface area contributed by atoms with Crippen molar-refractivity contribution in [3.05, 3.63) is 23.8 Å². The first kappa shape index (κ1) is 19.7. The van der Waals surface area contributed by atoms with Crippen LogP contribution in [0.4, 0.5) is 0 Å². The largest absolute Gasteiger partial charge is 0.454 e. The van der Waals surface area contributed by atoms with Crippen LogP contribution in [0.15, 0.2) is 23.2 Å². The van der Waals surface area contributed by atoms with Crippen molar-refractivity contribution < 1.29 is 9.47 Å². The Balaban J connectivity index is 1.27. The van der Waals surface area contributed by atoms with Gasteiger partial charge in [0.2, 0.25) is 6.79 Å². The molecule has 1 aliphatic carbocycles. The molecule has 1 aromatic rings. The monoisotopic (exact) mass is 404 g/mol. The third-order valence-corrected chi connectivity index (χ3v) is 7.11. The molecule has 2 aliphatic heterocycles. The van der Waals surface area contributed by atoms with E-state index >= 15 is 0 Å². The molecule has 0 bridgehead atoms. The molecule has 154 valence electrons. The van der Waals surface area contributed by atoms with Gasteiger partial charge in [-0.1, -0.05) is 18.9 Å². The molecule has 0 spiro atoms. The second kappa shape index (κ2) is 9.27. The lowest BCUT2D eigenvalue weighted by Gasteiger charge is -2.43. The number of benzene rings is 1. The molecular weight excluding hydrogens is 372 g/mol. The number of aliphatic imine (C=N–C) groups is 1. The molecule has 2 heterocycles. The fraction of sp³-hybridized carbons (Fsp3) is 0.667. The highest BCUT2D eigenvalue weighted by Crippen LogP contribution is 2.36. The number of ether oxygens (including phenoxy) is 2. The topological polar surface area (TPSA) is 58.1 Å². The first-order valence-electron chi connectivity index (χ1n) is 10.4. The van der Waals surface area contributed by atoms with Crippen LogP contribution in [0.5, 0.6) is 11.5 Å². The van der Waals surface area contributed by atoms with Crippen molar-refractivity contribution in [2.75, 3.05) is 51.5 Å². The zero-order valence-electron chi connectivity index (χ0n) is 16.8. The molecule has 4 rings (SSSR count). The number of fused-ring (bicyclic) bond motifs is 1. The summed E-state index contributed by atoms with van der Waals surface area (Å²) < 4.78 is 10.8. The van der Waals surface area contributed by atoms with Gasteiger partial charge in [-0.3, -0.25) is 9.89 Å². The van der Waals surface area contributed by atoms with Gasteiger partial charge in [0, 0.05) is 50.3 Å². The van der Waals surface area contributed by atoms with Crippen molar-refractivity contribution in [1.82, 2.24) is 15.5 Å². The predicted molar refractivity (Wildman–Crippen MR) is 116 cm³/mol. The van der Waals surface area contributed by atoms with E-state index in [9.17, 15) is 0 Å². The summed E-state index contributed by atoms with van der Waals surface area (Å²) in [4.78, 5) is 7.18. The molecule has 2 N–H and O–H groups in total. The van der Waals surface area contributed by atoms with Crippen molar-refractivity contribution in [2.45, 2.75) is 37.6 Å². The molecule has 0 unspecified atom stereocenters. The first-order valence-corrected chi connectivity index (χ1v) is 11.6. The highest BCUT2D eigenvalue weighted by molar-refractivity contribution is 7.99. The van der Waals surface area contributed by atoms with E-state index in [0.717, 1.165) is 37.0 Å². The Morgan fingerprint density at radius 1 is 1.14 bits per heavy atom. The van der Waals surface area contributed by atoms with Gasteiger partial charge >= 0.3 is 0 Å². The smallest absolute Gasteiger partial charge is 0.231 e. The lowest BCUT2D eigenvalue weighted by Crippen LogP contribution is -2.57. The molecule has 2 fully saturated rings. The zero-order valence-corrected chi connectivity index (χ0v) is 17.7. The fourth-order valence-electron chi connectivity index (χ4n) is 4.57. The van der Waals surface area contributed by atoms with Crippen LogP contribution in [0.2, 0.25) is 0 Å². The third-order valence-electron chi connectivity index (χ3n) is 6.17. The van der Waals surface area contributed by atoms with Crippen LogP contribution in [0.3, 0.4) is 0 Å². The van der Waals surface area contributed by atoms with E-state index in [2.05, 4.69) is 44.4 Å². The third kappa shape index (κ3) is 4.51. The molecule has 0 amide bonds. The molecule has 28 heavy (non-hydrogen) atoms. The molecule has 0 radical (unpaired) electrons. The second-order valence-electron chi connectivity index (χ2n) is 7.82. The average molecular weight is 405 g/mol. The maximum Gasteiger partial charge on any atom is 0.231 e. The van der Waals surface area contributed by atoms with Crippen molar-refractivity contribution in [3.63, 3.8) is 0 Å². The Kier molecular flexibility index (Phi) is 6.52. The first-order chi connectivity index (χ1) is 13.8. The molecule has 3 aliphatic rings. The molecular formula is C21H32N4O2S. The minimum Gasteiger partial charge on any atom is -0.454 e. The number of hydrogen-bond donors (Lipinski definition) is 2. The van der Waals surface area contributed by atoms with Gasteiger partial charge in [-0.2, -0.15) is 11.8 Å². The molecule has 1 aromatic carbocycles. The summed E-state index contributed by atoms with van der Waals surface area (Å²) in [6, 6.07) is 6.17. The van der Waals surface area contributed by atoms with E-state index in [1.165, 1.54) is 55.8 Å². The maximum atomic E-state index is 5.47. The molecule has 0 atom stereocenters. The number of rotatable bonds is 6. The highest BCUT2D eigenvalue weighted by atomic mass is 32.2. The van der Waals surface area contributed by atoms with Crippen molar-refractivity contribution in [1.29, 1.82) is 0 Å². The van der Waals surface area contributed by atoms with Gasteiger partial charge in [0.25, 0.3) is 0 Å². The Morgan fingerprint density at radius 2 is 1.93 bits per heavy atom. The van der Waals surface area contributed by atoms with Crippen molar-refractivity contribution in [3.8, 4) is 11.5 Å². The number of thioether (sulfide) groups is 1. The maximum absolute atomic E-state index is 5.47. The Labute approximate surface area is 172 Å². The standard InChI is InChI=1S/C21H32N4O2S/c1-22-20(23-9-6-17-4-5-18-19(14-17)27-16-26-18)24-15-21(7-2-3-8-21)25-10-12-28-13-11-25/h4-5,14H,2-3,6-13,15-16H2,1H3,(H2,22,23,24). The summed E-state index contributed by atoms with van der Waals surface area (Å²) in [6.45, 7) is 4.60. The molecule has 0 aromatic heterocycles. The summed E-state index contributed by atoms with van der Waals surface area (Å²) in [7, 11) is 1.86. The van der Waals surface area contributed by atoms with Gasteiger partial charge < -0.3 is 20.1 Å². The Morgan fingerprint density at radius 3 is 2.71 bits per heavy atom. The highest BCUT2D eigenvalue weighted by Gasteiger charge is 2.39. The second-order valence-corrected chi connectivity index (χ2v) is 9.05. The summed E-state index contributed by atoms with van der Waals surface area (Å²) >= 11 is 2.09. The normalized spacial score (nSPS) is 21.7. The van der Waals surface area contributed by atoms with E-state index in [-0.39, 0.29) is 0 Å². The predicted octanol–water partition coefficient (Wildman–Crippen LogP) is 2.48. The van der Waals surface area contributed by atoms with Gasteiger partial charge in [-0.15, -0.1) is 0 Å². The number of nitrogens with one attached hydrogen (secondary N) is 2. The van der Waals surface area contributed by atoms with Crippen LogP contribution in [-0.2, 0) is 6.42 Å². The Hall–Kier alpha value is -1.60. The number of nitrogens with zero attached hydrogens (tertiary/aromatic N) is 2.